The summed E-state index contributed by atoms with van der Waals surface area (Å²) in [6.45, 7) is 1.93. The first kappa shape index (κ1) is 18.2. The number of carbonyl (C=O) groups is 1. The summed E-state index contributed by atoms with van der Waals surface area (Å²) in [6.07, 6.45) is 12.0. The normalized spacial score (nSPS) is 37.0. The topological polar surface area (TPSA) is 70.8 Å². The zero-order valence-corrected chi connectivity index (χ0v) is 15.0. The molecule has 5 heteroatoms. The Labute approximate surface area is 145 Å². The van der Waals surface area contributed by atoms with E-state index in [4.69, 9.17) is 19.9 Å². The fraction of sp³-hybridized carbons (Fsp3) is 0.947. The third-order valence-electron chi connectivity index (χ3n) is 5.76. The van der Waals surface area contributed by atoms with Gasteiger partial charge >= 0.3 is 5.97 Å². The van der Waals surface area contributed by atoms with Gasteiger partial charge in [-0.15, -0.1) is 0 Å². The van der Waals surface area contributed by atoms with Gasteiger partial charge in [-0.25, -0.2) is 0 Å². The van der Waals surface area contributed by atoms with E-state index in [1.807, 2.05) is 6.92 Å². The maximum Gasteiger partial charge on any atom is 0.323 e. The number of hydrogen-bond donors (Lipinski definition) is 1. The van der Waals surface area contributed by atoms with E-state index < -0.39 is 6.04 Å². The molecule has 0 unspecified atom stereocenters. The summed E-state index contributed by atoms with van der Waals surface area (Å²) in [4.78, 5) is 12.1. The van der Waals surface area contributed by atoms with Crippen LogP contribution >= 0.6 is 0 Å². The first-order chi connectivity index (χ1) is 11.6. The monoisotopic (exact) mass is 339 g/mol. The van der Waals surface area contributed by atoms with Crippen molar-refractivity contribution < 1.29 is 19.0 Å². The smallest absolute Gasteiger partial charge is 0.323 e. The fourth-order valence-corrected chi connectivity index (χ4v) is 4.32. The van der Waals surface area contributed by atoms with Crippen LogP contribution in [0.5, 0.6) is 0 Å². The molecule has 0 aromatic heterocycles. The average molecular weight is 339 g/mol. The fourth-order valence-electron chi connectivity index (χ4n) is 4.32. The molecule has 0 aromatic rings. The summed E-state index contributed by atoms with van der Waals surface area (Å²) in [5.74, 6) is -0.302. The second-order valence-electron chi connectivity index (χ2n) is 7.77. The second-order valence-corrected chi connectivity index (χ2v) is 7.77. The van der Waals surface area contributed by atoms with Gasteiger partial charge in [-0.2, -0.15) is 0 Å². The van der Waals surface area contributed by atoms with Crippen molar-refractivity contribution in [2.24, 2.45) is 5.73 Å². The van der Waals surface area contributed by atoms with Gasteiger partial charge in [0, 0.05) is 0 Å². The molecule has 0 radical (unpaired) electrons. The van der Waals surface area contributed by atoms with Crippen molar-refractivity contribution in [2.75, 3.05) is 0 Å². The number of rotatable bonds is 4. The van der Waals surface area contributed by atoms with E-state index in [9.17, 15) is 4.79 Å². The lowest BCUT2D eigenvalue weighted by atomic mass is 10.0. The lowest BCUT2D eigenvalue weighted by Crippen LogP contribution is -2.45. The highest BCUT2D eigenvalue weighted by molar-refractivity contribution is 5.75. The van der Waals surface area contributed by atoms with E-state index in [-0.39, 0.29) is 30.4 Å². The zero-order chi connectivity index (χ0) is 16.9. The molecule has 2 N–H and O–H groups in total. The number of ether oxygens (including phenoxy) is 3. The van der Waals surface area contributed by atoms with Crippen molar-refractivity contribution in [2.45, 2.75) is 114 Å². The van der Waals surface area contributed by atoms with Crippen molar-refractivity contribution in [3.05, 3.63) is 0 Å². The summed E-state index contributed by atoms with van der Waals surface area (Å²) in [5, 5.41) is 0. The lowest BCUT2D eigenvalue weighted by Gasteiger charge is -2.34. The van der Waals surface area contributed by atoms with Crippen molar-refractivity contribution in [1.82, 2.24) is 0 Å². The Morgan fingerprint density at radius 2 is 1.46 bits per heavy atom. The van der Waals surface area contributed by atoms with Crippen LogP contribution in [0, 0.1) is 0 Å². The van der Waals surface area contributed by atoms with Crippen molar-refractivity contribution in [3.63, 3.8) is 0 Å². The number of esters is 1. The number of nitrogens with two attached hydrogens (primary N) is 1. The summed E-state index contributed by atoms with van der Waals surface area (Å²) in [7, 11) is 0. The lowest BCUT2D eigenvalue weighted by molar-refractivity contribution is -0.180. The van der Waals surface area contributed by atoms with Crippen LogP contribution < -0.4 is 5.73 Å². The van der Waals surface area contributed by atoms with Crippen LogP contribution in [0.15, 0.2) is 0 Å². The molecule has 5 nitrogen and oxygen atoms in total. The predicted octanol–water partition coefficient (Wildman–Crippen LogP) is 3.08. The standard InChI is InChI=1S/C19H33NO4/c1-13-18(24-15-9-4-5-10-15)17(23-14-7-2-3-8-14)12-6-11-16(20)19(21)22-13/h13-18H,2-12,20H2,1H3/t13-,16-,17-,18-/m0/s1. The number of cyclic esters (lactones) is 1. The van der Waals surface area contributed by atoms with Gasteiger partial charge in [-0.3, -0.25) is 4.79 Å². The van der Waals surface area contributed by atoms with Gasteiger partial charge in [0.1, 0.15) is 18.2 Å². The number of hydrogen-bond acceptors (Lipinski definition) is 5. The molecule has 4 atom stereocenters. The Morgan fingerprint density at radius 3 is 2.08 bits per heavy atom. The maximum atomic E-state index is 12.1. The summed E-state index contributed by atoms with van der Waals surface area (Å²) in [6, 6.07) is -0.523. The third kappa shape index (κ3) is 4.70. The summed E-state index contributed by atoms with van der Waals surface area (Å²) >= 11 is 0. The third-order valence-corrected chi connectivity index (χ3v) is 5.76. The highest BCUT2D eigenvalue weighted by Crippen LogP contribution is 2.31. The van der Waals surface area contributed by atoms with E-state index in [0.717, 1.165) is 38.5 Å². The van der Waals surface area contributed by atoms with Gasteiger partial charge in [0.2, 0.25) is 0 Å². The van der Waals surface area contributed by atoms with Crippen LogP contribution in [0.1, 0.15) is 77.6 Å². The van der Waals surface area contributed by atoms with Crippen molar-refractivity contribution >= 4 is 5.97 Å². The van der Waals surface area contributed by atoms with Gasteiger partial charge in [0.05, 0.1) is 18.3 Å². The molecule has 3 aliphatic rings. The van der Waals surface area contributed by atoms with E-state index in [1.54, 1.807) is 0 Å². The van der Waals surface area contributed by atoms with Gasteiger partial charge in [-0.05, 0) is 51.9 Å². The molecule has 0 spiro atoms. The molecule has 24 heavy (non-hydrogen) atoms. The highest BCUT2D eigenvalue weighted by atomic mass is 16.6. The average Bonchev–Trinajstić information content (AvgIpc) is 3.24. The summed E-state index contributed by atoms with van der Waals surface area (Å²) < 4.78 is 18.5. The second kappa shape index (κ2) is 8.63. The van der Waals surface area contributed by atoms with E-state index in [2.05, 4.69) is 0 Å². The Morgan fingerprint density at radius 1 is 0.875 bits per heavy atom. The first-order valence-corrected chi connectivity index (χ1v) is 9.90. The number of carbonyl (C=O) groups excluding carboxylic acids is 1. The van der Waals surface area contributed by atoms with Gasteiger partial charge in [0.15, 0.2) is 0 Å². The van der Waals surface area contributed by atoms with Crippen LogP contribution in [-0.2, 0) is 19.0 Å². The van der Waals surface area contributed by atoms with Crippen molar-refractivity contribution in [1.29, 1.82) is 0 Å². The molecule has 3 rings (SSSR count). The zero-order valence-electron chi connectivity index (χ0n) is 15.0. The minimum Gasteiger partial charge on any atom is -0.459 e. The molecule has 1 heterocycles. The Bertz CT molecular complexity index is 404. The SMILES string of the molecule is C[C@@H]1OC(=O)[C@@H](N)CCC[C@H](OC2CCCC2)[C@H]1OC1CCCC1. The van der Waals surface area contributed by atoms with Crippen LogP contribution in [0.4, 0.5) is 0 Å². The molecule has 0 aromatic carbocycles. The van der Waals surface area contributed by atoms with Crippen LogP contribution in [0.3, 0.4) is 0 Å². The van der Waals surface area contributed by atoms with Gasteiger partial charge in [-0.1, -0.05) is 25.7 Å². The van der Waals surface area contributed by atoms with E-state index in [0.29, 0.717) is 12.5 Å². The minimum absolute atomic E-state index is 0.00167. The van der Waals surface area contributed by atoms with Crippen LogP contribution in [-0.4, -0.2) is 42.5 Å². The molecular weight excluding hydrogens is 306 g/mol. The Hall–Kier alpha value is -0.650. The molecule has 1 saturated heterocycles. The van der Waals surface area contributed by atoms with Gasteiger partial charge < -0.3 is 19.9 Å². The summed E-state index contributed by atoms with van der Waals surface area (Å²) in [5.41, 5.74) is 5.94. The molecule has 0 bridgehead atoms. The maximum absolute atomic E-state index is 12.1. The minimum atomic E-state index is -0.523. The molecule has 2 saturated carbocycles. The van der Waals surface area contributed by atoms with E-state index in [1.165, 1.54) is 25.7 Å². The van der Waals surface area contributed by atoms with Gasteiger partial charge in [0.25, 0.3) is 0 Å². The van der Waals surface area contributed by atoms with Crippen LogP contribution in [0.2, 0.25) is 0 Å². The Kier molecular flexibility index (Phi) is 6.53. The molecule has 138 valence electrons. The van der Waals surface area contributed by atoms with Crippen LogP contribution in [0.25, 0.3) is 0 Å². The van der Waals surface area contributed by atoms with E-state index >= 15 is 0 Å². The quantitative estimate of drug-likeness (QED) is 0.797. The molecule has 3 fully saturated rings. The molecule has 1 aliphatic heterocycles. The molecule has 0 amide bonds. The highest BCUT2D eigenvalue weighted by Gasteiger charge is 2.37. The molecular formula is C19H33NO4. The Balaban J connectivity index is 1.71. The predicted molar refractivity (Wildman–Crippen MR) is 91.6 cm³/mol. The molecule has 2 aliphatic carbocycles. The van der Waals surface area contributed by atoms with Crippen molar-refractivity contribution in [3.8, 4) is 0 Å². The first-order valence-electron chi connectivity index (χ1n) is 9.90. The largest absolute Gasteiger partial charge is 0.459 e.